The van der Waals surface area contributed by atoms with Crippen LogP contribution in [0.25, 0.3) is 11.4 Å². The molecule has 0 radical (unpaired) electrons. The zero-order chi connectivity index (χ0) is 19.8. The van der Waals surface area contributed by atoms with E-state index in [0.29, 0.717) is 24.4 Å². The second-order valence-electron chi connectivity index (χ2n) is 7.00. The number of carbonyl (C=O) groups excluding carboxylic acids is 1. The fourth-order valence-corrected chi connectivity index (χ4v) is 3.54. The summed E-state index contributed by atoms with van der Waals surface area (Å²) in [5.74, 6) is 0.145. The van der Waals surface area contributed by atoms with Crippen LogP contribution in [0.5, 0.6) is 5.75 Å². The lowest BCUT2D eigenvalue weighted by molar-refractivity contribution is -0.117. The Hall–Kier alpha value is -3.22. The Bertz CT molecular complexity index is 1050. The molecule has 0 N–H and O–H groups in total. The van der Waals surface area contributed by atoms with Crippen LogP contribution < -0.4 is 9.64 Å². The van der Waals surface area contributed by atoms with Crippen molar-refractivity contribution in [3.63, 3.8) is 0 Å². The van der Waals surface area contributed by atoms with Crippen LogP contribution in [-0.2, 0) is 4.79 Å². The van der Waals surface area contributed by atoms with E-state index in [1.165, 1.54) is 19.2 Å². The van der Waals surface area contributed by atoms with Gasteiger partial charge < -0.3 is 14.2 Å². The van der Waals surface area contributed by atoms with Crippen LogP contribution >= 0.6 is 0 Å². The van der Waals surface area contributed by atoms with Gasteiger partial charge >= 0.3 is 0 Å². The SMILES string of the molecule is COc1ccc(-c2noc(C3CC(=O)N(c4ccc(C)cc4C)C3)n2)cc1F. The molecule has 1 fully saturated rings. The van der Waals surface area contributed by atoms with Gasteiger partial charge in [0, 0.05) is 24.2 Å². The van der Waals surface area contributed by atoms with Crippen molar-refractivity contribution in [1.29, 1.82) is 0 Å². The number of carbonyl (C=O) groups is 1. The van der Waals surface area contributed by atoms with Crippen LogP contribution in [0.4, 0.5) is 10.1 Å². The third-order valence-electron chi connectivity index (χ3n) is 4.97. The summed E-state index contributed by atoms with van der Waals surface area (Å²) in [5.41, 5.74) is 3.59. The number of halogens is 1. The van der Waals surface area contributed by atoms with Gasteiger partial charge in [-0.25, -0.2) is 4.39 Å². The molecule has 2 aromatic carbocycles. The lowest BCUT2D eigenvalue weighted by atomic mass is 10.1. The van der Waals surface area contributed by atoms with E-state index in [9.17, 15) is 9.18 Å². The molecule has 1 saturated heterocycles. The molecule has 1 amide bonds. The van der Waals surface area contributed by atoms with Crippen molar-refractivity contribution in [2.45, 2.75) is 26.2 Å². The van der Waals surface area contributed by atoms with Crippen LogP contribution in [0.15, 0.2) is 40.9 Å². The van der Waals surface area contributed by atoms with Crippen LogP contribution in [0.3, 0.4) is 0 Å². The van der Waals surface area contributed by atoms with E-state index in [1.807, 2.05) is 26.0 Å². The predicted octanol–water partition coefficient (Wildman–Crippen LogP) is 4.02. The molecule has 0 bridgehead atoms. The van der Waals surface area contributed by atoms with Crippen LogP contribution in [0.1, 0.15) is 29.4 Å². The van der Waals surface area contributed by atoms with Crippen LogP contribution in [0.2, 0.25) is 0 Å². The summed E-state index contributed by atoms with van der Waals surface area (Å²) in [5, 5.41) is 3.96. The molecule has 3 aromatic rings. The third kappa shape index (κ3) is 3.24. The maximum Gasteiger partial charge on any atom is 0.232 e. The number of nitrogens with zero attached hydrogens (tertiary/aromatic N) is 3. The van der Waals surface area contributed by atoms with Crippen molar-refractivity contribution >= 4 is 11.6 Å². The fourth-order valence-electron chi connectivity index (χ4n) is 3.54. The van der Waals surface area contributed by atoms with Crippen molar-refractivity contribution in [2.75, 3.05) is 18.6 Å². The highest BCUT2D eigenvalue weighted by Gasteiger charge is 2.35. The minimum absolute atomic E-state index is 0.0206. The lowest BCUT2D eigenvalue weighted by Gasteiger charge is -2.19. The van der Waals surface area contributed by atoms with E-state index in [4.69, 9.17) is 9.26 Å². The summed E-state index contributed by atoms with van der Waals surface area (Å²) in [6, 6.07) is 10.5. The Morgan fingerprint density at radius 2 is 2.04 bits per heavy atom. The molecule has 0 aliphatic carbocycles. The number of ether oxygens (including phenoxy) is 1. The molecular formula is C21H20FN3O3. The van der Waals surface area contributed by atoms with Gasteiger partial charge in [-0.2, -0.15) is 4.98 Å². The van der Waals surface area contributed by atoms with Gasteiger partial charge in [0.1, 0.15) is 0 Å². The van der Waals surface area contributed by atoms with Crippen molar-refractivity contribution in [3.05, 3.63) is 59.2 Å². The standard InChI is InChI=1S/C21H20FN3O3/c1-12-4-6-17(13(2)8-12)25-11-15(10-19(25)26)21-23-20(24-28-21)14-5-7-18(27-3)16(22)9-14/h4-9,15H,10-11H2,1-3H3. The van der Waals surface area contributed by atoms with Gasteiger partial charge in [-0.15, -0.1) is 0 Å². The van der Waals surface area contributed by atoms with Gasteiger partial charge in [-0.1, -0.05) is 22.9 Å². The van der Waals surface area contributed by atoms with E-state index in [0.717, 1.165) is 16.8 Å². The van der Waals surface area contributed by atoms with E-state index in [2.05, 4.69) is 16.2 Å². The van der Waals surface area contributed by atoms with E-state index < -0.39 is 5.82 Å². The number of hydrogen-bond acceptors (Lipinski definition) is 5. The summed E-state index contributed by atoms with van der Waals surface area (Å²) >= 11 is 0. The van der Waals surface area contributed by atoms with Crippen molar-refractivity contribution in [2.24, 2.45) is 0 Å². The zero-order valence-electron chi connectivity index (χ0n) is 15.9. The molecule has 0 spiro atoms. The molecule has 6 nitrogen and oxygen atoms in total. The summed E-state index contributed by atoms with van der Waals surface area (Å²) < 4.78 is 24.2. The number of aromatic nitrogens is 2. The summed E-state index contributed by atoms with van der Waals surface area (Å²) in [4.78, 5) is 18.7. The fraction of sp³-hybridized carbons (Fsp3) is 0.286. The first-order valence-electron chi connectivity index (χ1n) is 9.01. The molecule has 144 valence electrons. The highest BCUT2D eigenvalue weighted by atomic mass is 19.1. The highest BCUT2D eigenvalue weighted by Crippen LogP contribution is 2.34. The molecular weight excluding hydrogens is 361 g/mol. The lowest BCUT2D eigenvalue weighted by Crippen LogP contribution is -2.25. The number of aryl methyl sites for hydroxylation is 2. The first kappa shape index (κ1) is 18.2. The minimum Gasteiger partial charge on any atom is -0.494 e. The third-order valence-corrected chi connectivity index (χ3v) is 4.97. The van der Waals surface area contributed by atoms with Gasteiger partial charge in [-0.05, 0) is 43.7 Å². The van der Waals surface area contributed by atoms with E-state index in [1.54, 1.807) is 11.0 Å². The maximum absolute atomic E-state index is 13.9. The largest absolute Gasteiger partial charge is 0.494 e. The Labute approximate surface area is 161 Å². The summed E-state index contributed by atoms with van der Waals surface area (Å²) in [6.07, 6.45) is 0.298. The van der Waals surface area contributed by atoms with E-state index >= 15 is 0 Å². The van der Waals surface area contributed by atoms with Gasteiger partial charge in [0.05, 0.1) is 13.0 Å². The van der Waals surface area contributed by atoms with Crippen molar-refractivity contribution in [3.8, 4) is 17.1 Å². The first-order chi connectivity index (χ1) is 13.5. The van der Waals surface area contributed by atoms with E-state index in [-0.39, 0.29) is 23.4 Å². The monoisotopic (exact) mass is 381 g/mol. The van der Waals surface area contributed by atoms with Crippen molar-refractivity contribution in [1.82, 2.24) is 10.1 Å². The minimum atomic E-state index is -0.497. The number of hydrogen-bond donors (Lipinski definition) is 0. The highest BCUT2D eigenvalue weighted by molar-refractivity contribution is 5.97. The van der Waals surface area contributed by atoms with Gasteiger partial charge in [0.15, 0.2) is 11.6 Å². The van der Waals surface area contributed by atoms with Gasteiger partial charge in [0.2, 0.25) is 17.6 Å². The second-order valence-corrected chi connectivity index (χ2v) is 7.00. The normalized spacial score (nSPS) is 16.6. The number of benzene rings is 2. The van der Waals surface area contributed by atoms with Crippen LogP contribution in [-0.4, -0.2) is 29.7 Å². The average Bonchev–Trinajstić information content (AvgIpc) is 3.29. The Kier molecular flexibility index (Phi) is 4.58. The number of rotatable bonds is 4. The molecule has 0 saturated carbocycles. The topological polar surface area (TPSA) is 68.5 Å². The first-order valence-corrected chi connectivity index (χ1v) is 9.01. The predicted molar refractivity (Wildman–Crippen MR) is 102 cm³/mol. The number of anilines is 1. The molecule has 1 unspecified atom stereocenters. The quantitative estimate of drug-likeness (QED) is 0.683. The second kappa shape index (κ2) is 7.07. The van der Waals surface area contributed by atoms with Gasteiger partial charge in [-0.3, -0.25) is 4.79 Å². The molecule has 4 rings (SSSR count). The molecule has 1 aliphatic heterocycles. The summed E-state index contributed by atoms with van der Waals surface area (Å²) in [7, 11) is 1.41. The average molecular weight is 381 g/mol. The molecule has 7 heteroatoms. The number of methoxy groups -OCH3 is 1. The molecule has 1 atom stereocenters. The molecule has 1 aromatic heterocycles. The molecule has 2 heterocycles. The maximum atomic E-state index is 13.9. The Morgan fingerprint density at radius 3 is 2.75 bits per heavy atom. The van der Waals surface area contributed by atoms with Gasteiger partial charge in [0.25, 0.3) is 0 Å². The number of amides is 1. The Morgan fingerprint density at radius 1 is 1.21 bits per heavy atom. The zero-order valence-corrected chi connectivity index (χ0v) is 15.9. The summed E-state index contributed by atoms with van der Waals surface area (Å²) in [6.45, 7) is 4.49. The molecule has 28 heavy (non-hydrogen) atoms. The smallest absolute Gasteiger partial charge is 0.232 e. The van der Waals surface area contributed by atoms with Crippen LogP contribution in [0, 0.1) is 19.7 Å². The Balaban J connectivity index is 1.56. The molecule has 1 aliphatic rings. The van der Waals surface area contributed by atoms with Crippen molar-refractivity contribution < 1.29 is 18.4 Å².